The zero-order chi connectivity index (χ0) is 18.5. The largest absolute Gasteiger partial charge is 0.351 e. The predicted molar refractivity (Wildman–Crippen MR) is 102 cm³/mol. The van der Waals surface area contributed by atoms with Gasteiger partial charge in [-0.05, 0) is 24.4 Å². The second kappa shape index (κ2) is 8.05. The quantitative estimate of drug-likeness (QED) is 0.726. The van der Waals surface area contributed by atoms with Gasteiger partial charge < -0.3 is 10.2 Å². The first-order valence-electron chi connectivity index (χ1n) is 8.32. The van der Waals surface area contributed by atoms with Crippen molar-refractivity contribution in [1.82, 2.24) is 20.2 Å². The molecule has 0 radical (unpaired) electrons. The lowest BCUT2D eigenvalue weighted by Crippen LogP contribution is -2.32. The van der Waals surface area contributed by atoms with Gasteiger partial charge in [-0.1, -0.05) is 24.3 Å². The number of benzene rings is 1. The minimum Gasteiger partial charge on any atom is -0.351 e. The Labute approximate surface area is 155 Å². The smallest absolute Gasteiger partial charge is 0.261 e. The number of aryl methyl sites for hydroxylation is 1. The molecule has 2 aromatic heterocycles. The number of carbonyl (C=O) groups is 2. The Morgan fingerprint density at radius 3 is 2.73 bits per heavy atom. The van der Waals surface area contributed by atoms with E-state index in [9.17, 15) is 9.59 Å². The van der Waals surface area contributed by atoms with Crippen LogP contribution in [0.3, 0.4) is 0 Å². The van der Waals surface area contributed by atoms with Crippen LogP contribution in [0.4, 0.5) is 0 Å². The van der Waals surface area contributed by atoms with Crippen LogP contribution in [0, 0.1) is 6.92 Å². The summed E-state index contributed by atoms with van der Waals surface area (Å²) in [5.41, 5.74) is 1.77. The van der Waals surface area contributed by atoms with Gasteiger partial charge in [0.05, 0.1) is 16.9 Å². The molecule has 0 aliphatic carbocycles. The van der Waals surface area contributed by atoms with Gasteiger partial charge in [-0.2, -0.15) is 0 Å². The molecule has 0 aliphatic heterocycles. The lowest BCUT2D eigenvalue weighted by Gasteiger charge is -2.17. The number of hydrogen-bond donors (Lipinski definition) is 1. The topological polar surface area (TPSA) is 75.2 Å². The molecule has 0 aliphatic rings. The first-order chi connectivity index (χ1) is 12.5. The van der Waals surface area contributed by atoms with Gasteiger partial charge in [0.25, 0.3) is 5.91 Å². The zero-order valence-electron chi connectivity index (χ0n) is 14.7. The van der Waals surface area contributed by atoms with E-state index in [0.29, 0.717) is 23.8 Å². The van der Waals surface area contributed by atoms with Crippen molar-refractivity contribution in [3.8, 4) is 0 Å². The maximum absolute atomic E-state index is 12.3. The summed E-state index contributed by atoms with van der Waals surface area (Å²) in [5, 5.41) is 5.62. The van der Waals surface area contributed by atoms with Crippen LogP contribution in [0.2, 0.25) is 0 Å². The normalized spacial score (nSPS) is 10.7. The Bertz CT molecular complexity index is 924. The molecule has 0 unspecified atom stereocenters. The minimum atomic E-state index is -0.149. The number of para-hydroxylation sites is 1. The van der Waals surface area contributed by atoms with Gasteiger partial charge >= 0.3 is 0 Å². The van der Waals surface area contributed by atoms with E-state index in [1.54, 1.807) is 18.0 Å². The number of nitrogens with zero attached hydrogens (tertiary/aromatic N) is 3. The molecular weight excluding hydrogens is 348 g/mol. The number of rotatable bonds is 6. The number of amides is 2. The molecule has 26 heavy (non-hydrogen) atoms. The van der Waals surface area contributed by atoms with Crippen molar-refractivity contribution in [2.75, 3.05) is 13.6 Å². The van der Waals surface area contributed by atoms with Crippen LogP contribution < -0.4 is 5.32 Å². The van der Waals surface area contributed by atoms with Gasteiger partial charge in [-0.15, -0.1) is 11.3 Å². The van der Waals surface area contributed by atoms with E-state index in [4.69, 9.17) is 0 Å². The Morgan fingerprint density at radius 2 is 1.96 bits per heavy atom. The summed E-state index contributed by atoms with van der Waals surface area (Å²) in [6, 6.07) is 11.4. The maximum Gasteiger partial charge on any atom is 0.261 e. The first-order valence-corrected chi connectivity index (χ1v) is 9.20. The number of carbonyl (C=O) groups excluding carboxylic acids is 2. The molecule has 3 rings (SSSR count). The number of aromatic nitrogens is 2. The minimum absolute atomic E-state index is 0.0640. The molecule has 0 saturated carbocycles. The Balaban J connectivity index is 1.55. The van der Waals surface area contributed by atoms with Crippen LogP contribution >= 0.6 is 11.3 Å². The molecule has 0 saturated heterocycles. The number of hydrogen-bond acceptors (Lipinski definition) is 5. The summed E-state index contributed by atoms with van der Waals surface area (Å²) in [6.45, 7) is 2.58. The van der Waals surface area contributed by atoms with E-state index in [1.807, 2.05) is 42.6 Å². The fourth-order valence-electron chi connectivity index (χ4n) is 2.63. The predicted octanol–water partition coefficient (Wildman–Crippen LogP) is 2.78. The molecule has 3 aromatic rings. The van der Waals surface area contributed by atoms with Crippen LogP contribution in [-0.4, -0.2) is 40.3 Å². The molecular formula is C19H20N4O2S. The molecule has 0 bridgehead atoms. The Kier molecular flexibility index (Phi) is 5.58. The number of nitrogens with one attached hydrogen (secondary N) is 1. The van der Waals surface area contributed by atoms with Crippen molar-refractivity contribution < 1.29 is 9.59 Å². The zero-order valence-corrected chi connectivity index (χ0v) is 15.5. The summed E-state index contributed by atoms with van der Waals surface area (Å²) in [4.78, 5) is 35.4. The summed E-state index contributed by atoms with van der Waals surface area (Å²) in [7, 11) is 1.72. The highest BCUT2D eigenvalue weighted by Gasteiger charge is 2.13. The number of thiophene rings is 1. The summed E-state index contributed by atoms with van der Waals surface area (Å²) in [5.74, 6) is 0.398. The fourth-order valence-corrected chi connectivity index (χ4v) is 3.27. The molecule has 0 spiro atoms. The van der Waals surface area contributed by atoms with Crippen molar-refractivity contribution >= 4 is 34.1 Å². The second-order valence-electron chi connectivity index (χ2n) is 5.98. The van der Waals surface area contributed by atoms with Crippen LogP contribution in [0.5, 0.6) is 0 Å². The van der Waals surface area contributed by atoms with Crippen LogP contribution in [-0.2, 0) is 11.3 Å². The summed E-state index contributed by atoms with van der Waals surface area (Å²) in [6.07, 6.45) is 0.236. The molecule has 1 aromatic carbocycles. The van der Waals surface area contributed by atoms with Crippen LogP contribution in [0.15, 0.2) is 41.8 Å². The Morgan fingerprint density at radius 1 is 1.15 bits per heavy atom. The van der Waals surface area contributed by atoms with E-state index in [-0.39, 0.29) is 18.2 Å². The van der Waals surface area contributed by atoms with Gasteiger partial charge in [-0.25, -0.2) is 9.97 Å². The van der Waals surface area contributed by atoms with E-state index in [0.717, 1.165) is 16.6 Å². The average molecular weight is 368 g/mol. The SMILES string of the molecule is Cc1nc(CN(C)C(=O)CCNC(=O)c2cccs2)nc2ccccc12. The first kappa shape index (κ1) is 18.0. The van der Waals surface area contributed by atoms with Gasteiger partial charge in [0.1, 0.15) is 5.82 Å². The second-order valence-corrected chi connectivity index (χ2v) is 6.92. The van der Waals surface area contributed by atoms with Gasteiger partial charge in [-0.3, -0.25) is 9.59 Å². The van der Waals surface area contributed by atoms with Crippen molar-refractivity contribution in [3.05, 3.63) is 58.2 Å². The van der Waals surface area contributed by atoms with E-state index in [1.165, 1.54) is 11.3 Å². The maximum atomic E-state index is 12.3. The van der Waals surface area contributed by atoms with Gasteiger partial charge in [0, 0.05) is 31.1 Å². The lowest BCUT2D eigenvalue weighted by molar-refractivity contribution is -0.130. The molecule has 2 amide bonds. The van der Waals surface area contributed by atoms with Gasteiger partial charge in [0.2, 0.25) is 5.91 Å². The third-order valence-electron chi connectivity index (χ3n) is 4.01. The van der Waals surface area contributed by atoms with Crippen LogP contribution in [0.25, 0.3) is 10.9 Å². The average Bonchev–Trinajstić information content (AvgIpc) is 3.16. The van der Waals surface area contributed by atoms with Crippen molar-refractivity contribution in [3.63, 3.8) is 0 Å². The molecule has 6 nitrogen and oxygen atoms in total. The molecule has 134 valence electrons. The highest BCUT2D eigenvalue weighted by molar-refractivity contribution is 7.12. The van der Waals surface area contributed by atoms with E-state index in [2.05, 4.69) is 15.3 Å². The molecule has 7 heteroatoms. The van der Waals surface area contributed by atoms with Crippen molar-refractivity contribution in [2.45, 2.75) is 19.9 Å². The summed E-state index contributed by atoms with van der Waals surface area (Å²) >= 11 is 1.38. The standard InChI is InChI=1S/C19H20N4O2S/c1-13-14-6-3-4-7-15(14)22-17(21-13)12-23(2)18(24)9-10-20-19(25)16-8-5-11-26-16/h3-8,11H,9-10,12H2,1-2H3,(H,20,25). The van der Waals surface area contributed by atoms with Crippen molar-refractivity contribution in [2.24, 2.45) is 0 Å². The molecule has 0 fully saturated rings. The summed E-state index contributed by atoms with van der Waals surface area (Å²) < 4.78 is 0. The third-order valence-corrected chi connectivity index (χ3v) is 4.88. The van der Waals surface area contributed by atoms with Crippen molar-refractivity contribution in [1.29, 1.82) is 0 Å². The Hall–Kier alpha value is -2.80. The highest BCUT2D eigenvalue weighted by atomic mass is 32.1. The van der Waals surface area contributed by atoms with Gasteiger partial charge in [0.15, 0.2) is 0 Å². The van der Waals surface area contributed by atoms with E-state index >= 15 is 0 Å². The number of fused-ring (bicyclic) bond motifs is 1. The molecule has 1 N–H and O–H groups in total. The molecule has 0 atom stereocenters. The highest BCUT2D eigenvalue weighted by Crippen LogP contribution is 2.15. The third kappa shape index (κ3) is 4.23. The monoisotopic (exact) mass is 368 g/mol. The molecule has 2 heterocycles. The lowest BCUT2D eigenvalue weighted by atomic mass is 10.2. The fraction of sp³-hybridized carbons (Fsp3) is 0.263. The van der Waals surface area contributed by atoms with E-state index < -0.39 is 0 Å². The van der Waals surface area contributed by atoms with Crippen LogP contribution in [0.1, 0.15) is 27.6 Å².